The van der Waals surface area contributed by atoms with E-state index in [1.807, 2.05) is 26.8 Å². The topological polar surface area (TPSA) is 105 Å². The molecule has 0 aliphatic carbocycles. The molecule has 3 aromatic carbocycles. The second-order valence-corrected chi connectivity index (χ2v) is 13.3. The zero-order chi connectivity index (χ0) is 33.3. The normalized spacial score (nSPS) is 11.9. The van der Waals surface area contributed by atoms with Crippen molar-refractivity contribution in [2.75, 3.05) is 31.6 Å². The Balaban J connectivity index is 2.15. The number of nitrogens with one attached hydrogen (secondary N) is 1. The molecule has 0 spiro atoms. The van der Waals surface area contributed by atoms with Crippen molar-refractivity contribution >= 4 is 50.7 Å². The van der Waals surface area contributed by atoms with E-state index in [1.165, 1.54) is 37.3 Å². The Morgan fingerprint density at radius 3 is 2.09 bits per heavy atom. The number of carbonyl (C=O) groups excluding carboxylic acids is 2. The van der Waals surface area contributed by atoms with E-state index in [2.05, 4.69) is 5.32 Å². The van der Waals surface area contributed by atoms with Gasteiger partial charge in [0.25, 0.3) is 10.0 Å². The van der Waals surface area contributed by atoms with Crippen LogP contribution < -0.4 is 19.1 Å². The molecule has 0 aliphatic heterocycles. The molecule has 0 aromatic heterocycles. The van der Waals surface area contributed by atoms with Gasteiger partial charge in [-0.2, -0.15) is 0 Å². The second kappa shape index (κ2) is 16.2. The van der Waals surface area contributed by atoms with Crippen LogP contribution in [0, 0.1) is 13.8 Å². The molecule has 0 bridgehead atoms. The number of unbranched alkanes of at least 4 members (excludes halogenated alkanes) is 1. The van der Waals surface area contributed by atoms with Crippen LogP contribution in [-0.4, -0.2) is 58.5 Å². The number of benzene rings is 3. The van der Waals surface area contributed by atoms with E-state index in [0.717, 1.165) is 28.3 Å². The van der Waals surface area contributed by atoms with Crippen molar-refractivity contribution in [3.05, 3.63) is 81.3 Å². The fraction of sp³-hybridized carbons (Fsp3) is 0.394. The third-order valence-corrected chi connectivity index (χ3v) is 9.80. The van der Waals surface area contributed by atoms with Crippen molar-refractivity contribution in [2.24, 2.45) is 0 Å². The quantitative estimate of drug-likeness (QED) is 0.183. The molecule has 3 aromatic rings. The third kappa shape index (κ3) is 8.83. The van der Waals surface area contributed by atoms with E-state index in [1.54, 1.807) is 37.3 Å². The monoisotopic (exact) mass is 677 g/mol. The molecule has 0 fully saturated rings. The molecule has 244 valence electrons. The van der Waals surface area contributed by atoms with E-state index in [9.17, 15) is 18.0 Å². The van der Waals surface area contributed by atoms with Gasteiger partial charge in [0, 0.05) is 34.8 Å². The van der Waals surface area contributed by atoms with Crippen LogP contribution in [0.2, 0.25) is 10.0 Å². The lowest BCUT2D eigenvalue weighted by Crippen LogP contribution is -2.52. The molecule has 0 saturated carbocycles. The first-order valence-corrected chi connectivity index (χ1v) is 16.9. The van der Waals surface area contributed by atoms with E-state index >= 15 is 0 Å². The van der Waals surface area contributed by atoms with Gasteiger partial charge in [-0.05, 0) is 74.2 Å². The lowest BCUT2D eigenvalue weighted by atomic mass is 10.1. The van der Waals surface area contributed by atoms with Gasteiger partial charge in [0.1, 0.15) is 12.6 Å². The summed E-state index contributed by atoms with van der Waals surface area (Å²) in [6.45, 7) is 7.25. The Bertz CT molecular complexity index is 1580. The molecule has 9 nitrogen and oxygen atoms in total. The highest BCUT2D eigenvalue weighted by Crippen LogP contribution is 2.33. The summed E-state index contributed by atoms with van der Waals surface area (Å²) in [7, 11) is -1.47. The van der Waals surface area contributed by atoms with E-state index in [0.29, 0.717) is 33.6 Å². The second-order valence-electron chi connectivity index (χ2n) is 10.7. The predicted octanol–water partition coefficient (Wildman–Crippen LogP) is 6.55. The Hall–Kier alpha value is -3.47. The molecule has 1 N–H and O–H groups in total. The van der Waals surface area contributed by atoms with Crippen LogP contribution in [0.25, 0.3) is 0 Å². The molecule has 0 heterocycles. The maximum Gasteiger partial charge on any atom is 0.264 e. The number of hydrogen-bond donors (Lipinski definition) is 1. The first-order chi connectivity index (χ1) is 21.4. The Morgan fingerprint density at radius 2 is 1.53 bits per heavy atom. The minimum absolute atomic E-state index is 0.0999. The molecule has 3 rings (SSSR count). The number of rotatable bonds is 15. The van der Waals surface area contributed by atoms with Crippen LogP contribution in [0.5, 0.6) is 11.5 Å². The molecular formula is C33H41Cl2N3O6S. The number of ether oxygens (including phenoxy) is 2. The smallest absolute Gasteiger partial charge is 0.264 e. The van der Waals surface area contributed by atoms with Gasteiger partial charge in [-0.3, -0.25) is 13.9 Å². The number of carbonyl (C=O) groups is 2. The summed E-state index contributed by atoms with van der Waals surface area (Å²) in [5.74, 6) is -0.377. The highest BCUT2D eigenvalue weighted by Gasteiger charge is 2.34. The predicted molar refractivity (Wildman–Crippen MR) is 179 cm³/mol. The Morgan fingerprint density at radius 1 is 0.911 bits per heavy atom. The minimum atomic E-state index is -4.34. The average molecular weight is 679 g/mol. The van der Waals surface area contributed by atoms with Gasteiger partial charge >= 0.3 is 0 Å². The number of aryl methyl sites for hydroxylation is 2. The van der Waals surface area contributed by atoms with E-state index in [-0.39, 0.29) is 29.5 Å². The molecule has 0 unspecified atom stereocenters. The fourth-order valence-corrected chi connectivity index (χ4v) is 6.94. The SMILES string of the molecule is CCCCNC(=O)[C@@H](CC)N(Cc1c(Cl)cccc1Cl)C(=O)CN(c1cc(C)cc(C)c1)S(=O)(=O)c1ccc(OC)c(OC)c1. The molecular weight excluding hydrogens is 637 g/mol. The molecule has 0 saturated heterocycles. The van der Waals surface area contributed by atoms with Crippen LogP contribution >= 0.6 is 23.2 Å². The summed E-state index contributed by atoms with van der Waals surface area (Å²) < 4.78 is 40.4. The number of anilines is 1. The van der Waals surface area contributed by atoms with Gasteiger partial charge in [-0.15, -0.1) is 0 Å². The Labute approximate surface area is 276 Å². The number of halogens is 2. The van der Waals surface area contributed by atoms with Crippen LogP contribution in [0.3, 0.4) is 0 Å². The number of amides is 2. The summed E-state index contributed by atoms with van der Waals surface area (Å²) in [4.78, 5) is 29.0. The molecule has 1 atom stereocenters. The maximum absolute atomic E-state index is 14.4. The molecule has 0 radical (unpaired) electrons. The maximum atomic E-state index is 14.4. The molecule has 0 aliphatic rings. The summed E-state index contributed by atoms with van der Waals surface area (Å²) in [5.41, 5.74) is 2.37. The lowest BCUT2D eigenvalue weighted by molar-refractivity contribution is -0.140. The highest BCUT2D eigenvalue weighted by atomic mass is 35.5. The van der Waals surface area contributed by atoms with Crippen molar-refractivity contribution in [2.45, 2.75) is 64.4 Å². The van der Waals surface area contributed by atoms with Crippen molar-refractivity contribution in [1.29, 1.82) is 0 Å². The number of methoxy groups -OCH3 is 2. The lowest BCUT2D eigenvalue weighted by Gasteiger charge is -2.33. The van der Waals surface area contributed by atoms with Gasteiger partial charge in [0.2, 0.25) is 11.8 Å². The first kappa shape index (κ1) is 36.0. The highest BCUT2D eigenvalue weighted by molar-refractivity contribution is 7.92. The largest absolute Gasteiger partial charge is 0.493 e. The first-order valence-electron chi connectivity index (χ1n) is 14.7. The van der Waals surface area contributed by atoms with Crippen molar-refractivity contribution in [1.82, 2.24) is 10.2 Å². The van der Waals surface area contributed by atoms with Crippen molar-refractivity contribution in [3.63, 3.8) is 0 Å². The minimum Gasteiger partial charge on any atom is -0.493 e. The van der Waals surface area contributed by atoms with Gasteiger partial charge in [0.15, 0.2) is 11.5 Å². The van der Waals surface area contributed by atoms with Crippen molar-refractivity contribution < 1.29 is 27.5 Å². The third-order valence-electron chi connectivity index (χ3n) is 7.32. The summed E-state index contributed by atoms with van der Waals surface area (Å²) >= 11 is 13.0. The summed E-state index contributed by atoms with van der Waals surface area (Å²) in [6, 6.07) is 13.6. The Kier molecular flexibility index (Phi) is 13.0. The van der Waals surface area contributed by atoms with Crippen LogP contribution in [-0.2, 0) is 26.2 Å². The average Bonchev–Trinajstić information content (AvgIpc) is 3.00. The molecule has 12 heteroatoms. The van der Waals surface area contributed by atoms with Crippen LogP contribution in [0.15, 0.2) is 59.5 Å². The zero-order valence-corrected chi connectivity index (χ0v) is 28.9. The number of sulfonamides is 1. The van der Waals surface area contributed by atoms with E-state index < -0.39 is 28.5 Å². The standard InChI is InChI=1S/C33H41Cl2N3O6S/c1-7-9-15-36-33(40)29(8-2)37(20-26-27(34)11-10-12-28(26)35)32(39)21-38(24-17-22(3)16-23(4)18-24)45(41,42)25-13-14-30(43-5)31(19-25)44-6/h10-14,16-19,29H,7-9,15,20-21H2,1-6H3,(H,36,40)/t29-/m1/s1. The van der Waals surface area contributed by atoms with Gasteiger partial charge in [-0.25, -0.2) is 8.42 Å². The fourth-order valence-electron chi connectivity index (χ4n) is 5.01. The number of hydrogen-bond acceptors (Lipinski definition) is 6. The summed E-state index contributed by atoms with van der Waals surface area (Å²) in [6.07, 6.45) is 1.93. The van der Waals surface area contributed by atoms with Gasteiger partial charge < -0.3 is 19.7 Å². The molecule has 45 heavy (non-hydrogen) atoms. The van der Waals surface area contributed by atoms with E-state index in [4.69, 9.17) is 32.7 Å². The summed E-state index contributed by atoms with van der Waals surface area (Å²) in [5, 5.41) is 3.56. The molecule has 2 amide bonds. The van der Waals surface area contributed by atoms with Crippen LogP contribution in [0.1, 0.15) is 49.8 Å². The number of nitrogens with zero attached hydrogens (tertiary/aromatic N) is 2. The van der Waals surface area contributed by atoms with Gasteiger partial charge in [-0.1, -0.05) is 55.6 Å². The van der Waals surface area contributed by atoms with Crippen molar-refractivity contribution in [3.8, 4) is 11.5 Å². The van der Waals surface area contributed by atoms with Crippen LogP contribution in [0.4, 0.5) is 5.69 Å². The zero-order valence-electron chi connectivity index (χ0n) is 26.5. The van der Waals surface area contributed by atoms with Gasteiger partial charge in [0.05, 0.1) is 24.8 Å².